The van der Waals surface area contributed by atoms with Gasteiger partial charge in [-0.2, -0.15) is 10.3 Å². The number of nitrogens with two attached hydrogens (primary N) is 2. The van der Waals surface area contributed by atoms with E-state index in [2.05, 4.69) is 21.0 Å². The van der Waals surface area contributed by atoms with Crippen molar-refractivity contribution < 1.29 is 0 Å². The van der Waals surface area contributed by atoms with Crippen LogP contribution in [-0.4, -0.2) is 15.9 Å². The van der Waals surface area contributed by atoms with Crippen molar-refractivity contribution in [3.8, 4) is 17.3 Å². The van der Waals surface area contributed by atoms with E-state index in [1.807, 2.05) is 23.7 Å². The maximum absolute atomic E-state index is 8.98. The van der Waals surface area contributed by atoms with E-state index in [0.717, 1.165) is 22.2 Å². The Labute approximate surface area is 130 Å². The molecule has 0 bridgehead atoms. The van der Waals surface area contributed by atoms with Crippen LogP contribution < -0.4 is 11.5 Å². The Morgan fingerprint density at radius 1 is 1.38 bits per heavy atom. The number of aliphatic imine (C=N–C) groups is 1. The maximum Gasteiger partial charge on any atom is 0.212 e. The van der Waals surface area contributed by atoms with Crippen LogP contribution in [0.1, 0.15) is 5.56 Å². The molecule has 5 N–H and O–H groups in total. The van der Waals surface area contributed by atoms with Gasteiger partial charge in [0.1, 0.15) is 0 Å². The number of hydrogen-bond acceptors (Lipinski definition) is 4. The third-order valence-electron chi connectivity index (χ3n) is 2.80. The van der Waals surface area contributed by atoms with Gasteiger partial charge in [0.15, 0.2) is 5.96 Å². The summed E-state index contributed by atoms with van der Waals surface area (Å²) in [6.07, 6.45) is 1.86. The highest BCUT2D eigenvalue weighted by molar-refractivity contribution is 7.13. The van der Waals surface area contributed by atoms with Gasteiger partial charge in [0.25, 0.3) is 0 Å². The normalized spacial score (nSPS) is 9.86. The average Bonchev–Trinajstić information content (AvgIpc) is 3.03. The molecule has 8 heteroatoms. The molecular formula is C13H11ClN6S. The maximum atomic E-state index is 8.98. The fraction of sp³-hybridized carbons (Fsp3) is 0. The zero-order chi connectivity index (χ0) is 14.1. The molecule has 0 fully saturated rings. The number of nitriles is 1. The molecule has 0 spiro atoms. The molecule has 2 aromatic heterocycles. The number of H-pyrrole nitrogens is 1. The van der Waals surface area contributed by atoms with E-state index in [1.165, 1.54) is 11.3 Å². The number of guanidine groups is 1. The van der Waals surface area contributed by atoms with Gasteiger partial charge < -0.3 is 16.5 Å². The number of fused-ring (bicyclic) bond motifs is 1. The van der Waals surface area contributed by atoms with Crippen LogP contribution in [0.2, 0.25) is 0 Å². The molecule has 0 unspecified atom stereocenters. The zero-order valence-corrected chi connectivity index (χ0v) is 12.3. The molecular weight excluding hydrogens is 308 g/mol. The number of aromatic amines is 1. The average molecular weight is 319 g/mol. The zero-order valence-electron chi connectivity index (χ0n) is 10.7. The summed E-state index contributed by atoms with van der Waals surface area (Å²) >= 11 is 1.36. The van der Waals surface area contributed by atoms with E-state index in [-0.39, 0.29) is 18.4 Å². The molecule has 0 saturated carbocycles. The second-order valence-corrected chi connectivity index (χ2v) is 4.96. The molecule has 0 radical (unpaired) electrons. The summed E-state index contributed by atoms with van der Waals surface area (Å²) in [4.78, 5) is 11.4. The molecule has 0 aliphatic carbocycles. The minimum Gasteiger partial charge on any atom is -0.370 e. The first-order chi connectivity index (χ1) is 9.67. The minimum atomic E-state index is -0.0170. The summed E-state index contributed by atoms with van der Waals surface area (Å²) in [6, 6.07) is 7.61. The van der Waals surface area contributed by atoms with Gasteiger partial charge >= 0.3 is 0 Å². The standard InChI is InChI=1S/C13H10N6S.ClH/c14-4-7-1-2-10-8(3-7)9(5-17-10)11-6-20-13(18-11)19-12(15)16;/h1-3,5-6,17H,(H4,15,16,18,19);1H. The highest BCUT2D eigenvalue weighted by Crippen LogP contribution is 2.32. The molecule has 1 aromatic carbocycles. The van der Waals surface area contributed by atoms with Crippen LogP contribution in [0.4, 0.5) is 5.13 Å². The lowest BCUT2D eigenvalue weighted by Crippen LogP contribution is -2.21. The molecule has 0 amide bonds. The third kappa shape index (κ3) is 2.81. The third-order valence-corrected chi connectivity index (χ3v) is 3.54. The van der Waals surface area contributed by atoms with Gasteiger partial charge in [-0.1, -0.05) is 0 Å². The first-order valence-electron chi connectivity index (χ1n) is 5.74. The summed E-state index contributed by atoms with van der Waals surface area (Å²) in [5, 5.41) is 12.3. The van der Waals surface area contributed by atoms with Crippen molar-refractivity contribution in [3.05, 3.63) is 35.3 Å². The highest BCUT2D eigenvalue weighted by atomic mass is 35.5. The van der Waals surface area contributed by atoms with Crippen LogP contribution in [0.15, 0.2) is 34.8 Å². The lowest BCUT2D eigenvalue weighted by molar-refractivity contribution is 1.33. The Morgan fingerprint density at radius 3 is 2.90 bits per heavy atom. The van der Waals surface area contributed by atoms with Crippen molar-refractivity contribution >= 4 is 45.7 Å². The van der Waals surface area contributed by atoms with Crippen molar-refractivity contribution in [2.75, 3.05) is 0 Å². The molecule has 0 atom stereocenters. The van der Waals surface area contributed by atoms with Crippen LogP contribution >= 0.6 is 23.7 Å². The van der Waals surface area contributed by atoms with Gasteiger partial charge in [-0.05, 0) is 18.2 Å². The van der Waals surface area contributed by atoms with E-state index < -0.39 is 0 Å². The number of benzene rings is 1. The molecule has 0 aliphatic heterocycles. The molecule has 2 heterocycles. The van der Waals surface area contributed by atoms with Gasteiger partial charge in [0.05, 0.1) is 17.3 Å². The number of halogens is 1. The van der Waals surface area contributed by atoms with Crippen molar-refractivity contribution in [1.82, 2.24) is 9.97 Å². The Kier molecular flexibility index (Phi) is 4.12. The summed E-state index contributed by atoms with van der Waals surface area (Å²) in [5.41, 5.74) is 13.9. The predicted molar refractivity (Wildman–Crippen MR) is 86.8 cm³/mol. The fourth-order valence-corrected chi connectivity index (χ4v) is 2.66. The van der Waals surface area contributed by atoms with Crippen LogP contribution in [0.25, 0.3) is 22.2 Å². The number of aromatic nitrogens is 2. The molecule has 0 aliphatic rings. The number of nitrogens with one attached hydrogen (secondary N) is 1. The van der Waals surface area contributed by atoms with Gasteiger partial charge in [-0.3, -0.25) is 0 Å². The first-order valence-corrected chi connectivity index (χ1v) is 6.62. The van der Waals surface area contributed by atoms with Gasteiger partial charge in [-0.25, -0.2) is 4.98 Å². The van der Waals surface area contributed by atoms with Gasteiger partial charge in [0, 0.05) is 28.0 Å². The van der Waals surface area contributed by atoms with Gasteiger partial charge in [0.2, 0.25) is 5.13 Å². The SMILES string of the molecule is Cl.N#Cc1ccc2[nH]cc(-c3csc(N=C(N)N)n3)c2c1. The topological polar surface area (TPSA) is 117 Å². The van der Waals surface area contributed by atoms with Crippen molar-refractivity contribution in [3.63, 3.8) is 0 Å². The Bertz CT molecular complexity index is 853. The van der Waals surface area contributed by atoms with Crippen molar-refractivity contribution in [2.45, 2.75) is 0 Å². The quantitative estimate of drug-likeness (QED) is 0.497. The minimum absolute atomic E-state index is 0. The largest absolute Gasteiger partial charge is 0.370 e. The molecule has 0 saturated heterocycles. The second-order valence-electron chi connectivity index (χ2n) is 4.13. The first kappa shape index (κ1) is 14.8. The summed E-state index contributed by atoms with van der Waals surface area (Å²) in [6.45, 7) is 0. The number of nitrogens with zero attached hydrogens (tertiary/aromatic N) is 3. The van der Waals surface area contributed by atoms with E-state index in [4.69, 9.17) is 16.7 Å². The summed E-state index contributed by atoms with van der Waals surface area (Å²) < 4.78 is 0. The summed E-state index contributed by atoms with van der Waals surface area (Å²) in [5.74, 6) is -0.0170. The van der Waals surface area contributed by atoms with E-state index >= 15 is 0 Å². The Hall–Kier alpha value is -2.56. The van der Waals surface area contributed by atoms with Crippen LogP contribution in [0.5, 0.6) is 0 Å². The number of hydrogen-bond donors (Lipinski definition) is 3. The van der Waals surface area contributed by atoms with E-state index in [1.54, 1.807) is 6.07 Å². The second kappa shape index (κ2) is 5.83. The highest BCUT2D eigenvalue weighted by Gasteiger charge is 2.10. The fourth-order valence-electron chi connectivity index (χ4n) is 1.95. The molecule has 6 nitrogen and oxygen atoms in total. The molecule has 3 aromatic rings. The van der Waals surface area contributed by atoms with E-state index in [9.17, 15) is 0 Å². The lowest BCUT2D eigenvalue weighted by Gasteiger charge is -1.95. The Morgan fingerprint density at radius 2 is 2.19 bits per heavy atom. The summed E-state index contributed by atoms with van der Waals surface area (Å²) in [7, 11) is 0. The van der Waals surface area contributed by atoms with Crippen molar-refractivity contribution in [1.29, 1.82) is 5.26 Å². The lowest BCUT2D eigenvalue weighted by atomic mass is 10.1. The number of rotatable bonds is 2. The molecule has 21 heavy (non-hydrogen) atoms. The van der Waals surface area contributed by atoms with Crippen LogP contribution in [0, 0.1) is 11.3 Å². The smallest absolute Gasteiger partial charge is 0.212 e. The predicted octanol–water partition coefficient (Wildman–Crippen LogP) is 2.49. The van der Waals surface area contributed by atoms with E-state index in [0.29, 0.717) is 10.7 Å². The number of thiazole rings is 1. The van der Waals surface area contributed by atoms with Gasteiger partial charge in [-0.15, -0.1) is 23.7 Å². The molecule has 3 rings (SSSR count). The van der Waals surface area contributed by atoms with Crippen LogP contribution in [0.3, 0.4) is 0 Å². The van der Waals surface area contributed by atoms with Crippen molar-refractivity contribution in [2.24, 2.45) is 16.5 Å². The molecule has 106 valence electrons. The van der Waals surface area contributed by atoms with Crippen LogP contribution in [-0.2, 0) is 0 Å². The Balaban J connectivity index is 0.00000161. The monoisotopic (exact) mass is 318 g/mol.